The number of ether oxygens (including phenoxy) is 1. The van der Waals surface area contributed by atoms with Gasteiger partial charge in [-0.25, -0.2) is 0 Å². The summed E-state index contributed by atoms with van der Waals surface area (Å²) in [5, 5.41) is 2.88. The Hall–Kier alpha value is -2.66. The fourth-order valence-corrected chi connectivity index (χ4v) is 2.51. The van der Waals surface area contributed by atoms with Gasteiger partial charge < -0.3 is 10.1 Å². The number of hydrogen-bond donors (Lipinski definition) is 1. The van der Waals surface area contributed by atoms with E-state index in [0.717, 1.165) is 37.0 Å². The predicted molar refractivity (Wildman–Crippen MR) is 109 cm³/mol. The Labute approximate surface area is 160 Å². The fraction of sp³-hybridized carbons (Fsp3) is 0.364. The molecule has 1 amide bonds. The summed E-state index contributed by atoms with van der Waals surface area (Å²) in [7, 11) is 0. The summed E-state index contributed by atoms with van der Waals surface area (Å²) in [6.07, 6.45) is 6.23. The second-order valence-electron chi connectivity index (χ2n) is 6.42. The van der Waals surface area contributed by atoms with Crippen molar-refractivity contribution in [3.63, 3.8) is 0 Å². The molecule has 0 aliphatic carbocycles. The third-order valence-corrected chi connectivity index (χ3v) is 4.09. The lowest BCUT2D eigenvalue weighted by Gasteiger charge is -2.12. The van der Waals surface area contributed by atoms with E-state index in [1.165, 1.54) is 10.6 Å². The van der Waals surface area contributed by atoms with Crippen molar-refractivity contribution in [2.24, 2.45) is 0 Å². The lowest BCUT2D eigenvalue weighted by molar-refractivity contribution is -0.116. The van der Waals surface area contributed by atoms with Crippen molar-refractivity contribution in [1.29, 1.82) is 0 Å². The van der Waals surface area contributed by atoms with E-state index in [4.69, 9.17) is 4.74 Å². The molecular formula is C22H28N2O3. The molecular weight excluding hydrogens is 340 g/mol. The summed E-state index contributed by atoms with van der Waals surface area (Å²) < 4.78 is 6.87. The first-order valence-corrected chi connectivity index (χ1v) is 9.44. The molecule has 0 unspecified atom stereocenters. The molecule has 0 bridgehead atoms. The van der Waals surface area contributed by atoms with Crippen LogP contribution in [0, 0.1) is 6.92 Å². The molecule has 1 aromatic carbocycles. The highest BCUT2D eigenvalue weighted by molar-refractivity contribution is 6.18. The molecule has 0 saturated heterocycles. The molecule has 0 aliphatic heterocycles. The largest absolute Gasteiger partial charge is 0.381 e. The van der Waals surface area contributed by atoms with Crippen molar-refractivity contribution in [3.05, 3.63) is 70.1 Å². The minimum absolute atomic E-state index is 0.242. The van der Waals surface area contributed by atoms with Gasteiger partial charge in [0.1, 0.15) is 5.70 Å². The first-order chi connectivity index (χ1) is 13.1. The van der Waals surface area contributed by atoms with E-state index in [9.17, 15) is 9.59 Å². The average molecular weight is 368 g/mol. The Morgan fingerprint density at radius 3 is 2.56 bits per heavy atom. The predicted octanol–water partition coefficient (Wildman–Crippen LogP) is 3.48. The molecule has 0 aliphatic rings. The minimum Gasteiger partial charge on any atom is -0.381 e. The van der Waals surface area contributed by atoms with Crippen molar-refractivity contribution in [1.82, 2.24) is 9.88 Å². The van der Waals surface area contributed by atoms with E-state index in [2.05, 4.69) is 12.2 Å². The number of aryl methyl sites for hydroxylation is 1. The lowest BCUT2D eigenvalue weighted by atomic mass is 10.1. The first kappa shape index (κ1) is 20.6. The van der Waals surface area contributed by atoms with Gasteiger partial charge in [0.25, 0.3) is 11.5 Å². The summed E-state index contributed by atoms with van der Waals surface area (Å²) >= 11 is 0. The van der Waals surface area contributed by atoms with Crippen LogP contribution in [0.15, 0.2) is 53.5 Å². The second-order valence-corrected chi connectivity index (χ2v) is 6.42. The molecule has 1 aromatic heterocycles. The number of nitrogens with zero attached hydrogens (tertiary/aromatic N) is 1. The molecule has 27 heavy (non-hydrogen) atoms. The Balaban J connectivity index is 2.08. The second kappa shape index (κ2) is 11.1. The van der Waals surface area contributed by atoms with E-state index in [-0.39, 0.29) is 11.5 Å². The van der Waals surface area contributed by atoms with Crippen molar-refractivity contribution in [2.75, 3.05) is 19.8 Å². The van der Waals surface area contributed by atoms with Crippen LogP contribution < -0.4 is 10.9 Å². The van der Waals surface area contributed by atoms with Gasteiger partial charge >= 0.3 is 0 Å². The normalized spacial score (nSPS) is 11.4. The highest BCUT2D eigenvalue weighted by Gasteiger charge is 2.12. The number of pyridine rings is 1. The molecule has 0 fully saturated rings. The van der Waals surface area contributed by atoms with Crippen molar-refractivity contribution in [3.8, 4) is 0 Å². The summed E-state index contributed by atoms with van der Waals surface area (Å²) in [5.74, 6) is -0.280. The molecule has 1 N–H and O–H groups in total. The number of carbonyl (C=O) groups is 1. The van der Waals surface area contributed by atoms with Gasteiger partial charge in [-0.05, 0) is 37.5 Å². The number of benzene rings is 1. The van der Waals surface area contributed by atoms with Gasteiger partial charge in [-0.1, -0.05) is 49.2 Å². The molecule has 144 valence electrons. The Bertz CT molecular complexity index is 807. The topological polar surface area (TPSA) is 60.3 Å². The van der Waals surface area contributed by atoms with Gasteiger partial charge in [0.05, 0.1) is 0 Å². The van der Waals surface area contributed by atoms with E-state index in [0.29, 0.717) is 18.8 Å². The van der Waals surface area contributed by atoms with Gasteiger partial charge in [0.2, 0.25) is 0 Å². The lowest BCUT2D eigenvalue weighted by Crippen LogP contribution is -2.31. The van der Waals surface area contributed by atoms with Gasteiger partial charge in [-0.2, -0.15) is 0 Å². The summed E-state index contributed by atoms with van der Waals surface area (Å²) in [6.45, 7) is 5.99. The molecule has 0 spiro atoms. The maximum atomic E-state index is 12.7. The molecule has 5 heteroatoms. The molecule has 0 saturated carbocycles. The summed E-state index contributed by atoms with van der Waals surface area (Å²) in [4.78, 5) is 24.9. The van der Waals surface area contributed by atoms with E-state index in [1.54, 1.807) is 24.4 Å². The zero-order valence-electron chi connectivity index (χ0n) is 16.1. The van der Waals surface area contributed by atoms with Crippen LogP contribution in [-0.2, 0) is 9.53 Å². The molecule has 2 rings (SSSR count). The van der Waals surface area contributed by atoms with Gasteiger partial charge in [0.15, 0.2) is 0 Å². The van der Waals surface area contributed by atoms with E-state index >= 15 is 0 Å². The van der Waals surface area contributed by atoms with Crippen LogP contribution in [0.1, 0.15) is 37.3 Å². The maximum absolute atomic E-state index is 12.7. The minimum atomic E-state index is -0.280. The zero-order chi connectivity index (χ0) is 19.5. The Kier molecular flexibility index (Phi) is 8.52. The number of rotatable bonds is 10. The molecule has 0 radical (unpaired) electrons. The Morgan fingerprint density at radius 1 is 1.11 bits per heavy atom. The van der Waals surface area contributed by atoms with Crippen LogP contribution in [0.2, 0.25) is 0 Å². The number of aromatic nitrogens is 1. The smallest absolute Gasteiger partial charge is 0.268 e. The van der Waals surface area contributed by atoms with Crippen LogP contribution in [0.25, 0.3) is 11.8 Å². The highest BCUT2D eigenvalue weighted by atomic mass is 16.5. The number of hydrogen-bond acceptors (Lipinski definition) is 3. The summed E-state index contributed by atoms with van der Waals surface area (Å²) in [6, 6.07) is 12.6. The van der Waals surface area contributed by atoms with E-state index in [1.807, 2.05) is 31.2 Å². The number of unbranched alkanes of at least 4 members (excludes halogenated alkanes) is 1. The van der Waals surface area contributed by atoms with Gasteiger partial charge in [-0.15, -0.1) is 0 Å². The monoisotopic (exact) mass is 368 g/mol. The molecule has 5 nitrogen and oxygen atoms in total. The molecule has 2 aromatic rings. The number of carbonyl (C=O) groups excluding carboxylic acids is 1. The maximum Gasteiger partial charge on any atom is 0.268 e. The third-order valence-electron chi connectivity index (χ3n) is 4.09. The first-order valence-electron chi connectivity index (χ1n) is 9.44. The van der Waals surface area contributed by atoms with Crippen molar-refractivity contribution in [2.45, 2.75) is 33.1 Å². The Morgan fingerprint density at radius 2 is 1.85 bits per heavy atom. The van der Waals surface area contributed by atoms with Crippen LogP contribution in [0.5, 0.6) is 0 Å². The number of nitrogens with one attached hydrogen (secondary N) is 1. The fourth-order valence-electron chi connectivity index (χ4n) is 2.51. The highest BCUT2D eigenvalue weighted by Crippen LogP contribution is 2.12. The van der Waals surface area contributed by atoms with Gasteiger partial charge in [-0.3, -0.25) is 14.2 Å². The third kappa shape index (κ3) is 6.87. The van der Waals surface area contributed by atoms with Crippen molar-refractivity contribution < 1.29 is 9.53 Å². The van der Waals surface area contributed by atoms with Crippen LogP contribution in [0.4, 0.5) is 0 Å². The summed E-state index contributed by atoms with van der Waals surface area (Å²) in [5.41, 5.74) is 2.06. The van der Waals surface area contributed by atoms with E-state index < -0.39 is 0 Å². The molecule has 0 atom stereocenters. The number of amides is 1. The quantitative estimate of drug-likeness (QED) is 0.516. The SMILES string of the molecule is CCCCOCCCNC(=O)C(=Cc1ccc(C)cc1)n1ccccc1=O. The zero-order valence-corrected chi connectivity index (χ0v) is 16.1. The van der Waals surface area contributed by atoms with Crippen molar-refractivity contribution >= 4 is 17.7 Å². The average Bonchev–Trinajstić information content (AvgIpc) is 2.67. The van der Waals surface area contributed by atoms with Crippen LogP contribution in [0.3, 0.4) is 0 Å². The van der Waals surface area contributed by atoms with Crippen LogP contribution in [-0.4, -0.2) is 30.2 Å². The van der Waals surface area contributed by atoms with Gasteiger partial charge in [0, 0.05) is 32.0 Å². The van der Waals surface area contributed by atoms with Crippen LogP contribution >= 0.6 is 0 Å². The molecule has 1 heterocycles. The standard InChI is InChI=1S/C22H28N2O3/c1-3-4-15-27-16-7-13-23-22(26)20(24-14-6-5-8-21(24)25)17-19-11-9-18(2)10-12-19/h5-6,8-12,14,17H,3-4,7,13,15-16H2,1-2H3,(H,23,26).